The summed E-state index contributed by atoms with van der Waals surface area (Å²) in [6.07, 6.45) is 1.64. The number of nitrogens with one attached hydrogen (secondary N) is 1. The van der Waals surface area contributed by atoms with Crippen LogP contribution in [0.25, 0.3) is 5.69 Å². The summed E-state index contributed by atoms with van der Waals surface area (Å²) in [5.74, 6) is 0.0547. The maximum atomic E-state index is 7.47. The molecule has 0 aliphatic rings. The summed E-state index contributed by atoms with van der Waals surface area (Å²) in [5, 5.41) is 11.8. The van der Waals surface area contributed by atoms with Gasteiger partial charge in [0.05, 0.1) is 23.1 Å². The molecular weight excluding hydrogens is 212 g/mol. The Morgan fingerprint density at radius 2 is 2.00 bits per heavy atom. The number of nitrogen functional groups attached to an aromatic ring is 1. The fourth-order valence-corrected chi connectivity index (χ4v) is 1.88. The molecule has 2 aromatic rings. The Hall–Kier alpha value is -2.10. The van der Waals surface area contributed by atoms with Gasteiger partial charge in [0.2, 0.25) is 0 Å². The van der Waals surface area contributed by atoms with Crippen molar-refractivity contribution in [1.82, 2.24) is 9.78 Å². The number of rotatable bonds is 2. The molecule has 3 N–H and O–H groups in total. The number of amidine groups is 1. The standard InChI is InChI=1S/C13H16N4/c1-8-5-4-6-12(9(8)2)17-10(3)11(7-16-17)13(14)15/h4-7H,1-3H3,(H3,14,15). The summed E-state index contributed by atoms with van der Waals surface area (Å²) in [5.41, 5.74) is 10.5. The molecule has 0 aliphatic heterocycles. The first-order valence-corrected chi connectivity index (χ1v) is 5.48. The second kappa shape index (κ2) is 4.05. The highest BCUT2D eigenvalue weighted by molar-refractivity contribution is 5.95. The second-order valence-electron chi connectivity index (χ2n) is 4.19. The van der Waals surface area contributed by atoms with Crippen molar-refractivity contribution < 1.29 is 0 Å². The van der Waals surface area contributed by atoms with Gasteiger partial charge in [0.15, 0.2) is 0 Å². The minimum Gasteiger partial charge on any atom is -0.384 e. The van der Waals surface area contributed by atoms with Crippen molar-refractivity contribution in [1.29, 1.82) is 5.41 Å². The molecule has 1 aromatic carbocycles. The highest BCUT2D eigenvalue weighted by Crippen LogP contribution is 2.19. The third-order valence-corrected chi connectivity index (χ3v) is 3.10. The van der Waals surface area contributed by atoms with Gasteiger partial charge in [0, 0.05) is 0 Å². The van der Waals surface area contributed by atoms with Crippen molar-refractivity contribution in [2.24, 2.45) is 5.73 Å². The molecule has 1 heterocycles. The molecule has 0 bridgehead atoms. The molecule has 0 radical (unpaired) electrons. The Morgan fingerprint density at radius 1 is 1.29 bits per heavy atom. The summed E-state index contributed by atoms with van der Waals surface area (Å²) < 4.78 is 1.83. The van der Waals surface area contributed by atoms with E-state index in [1.807, 2.05) is 23.7 Å². The molecule has 4 heteroatoms. The fourth-order valence-electron chi connectivity index (χ4n) is 1.88. The lowest BCUT2D eigenvalue weighted by Crippen LogP contribution is -2.12. The van der Waals surface area contributed by atoms with E-state index >= 15 is 0 Å². The molecule has 0 saturated heterocycles. The van der Waals surface area contributed by atoms with Gasteiger partial charge in [-0.1, -0.05) is 12.1 Å². The average Bonchev–Trinajstić information content (AvgIpc) is 2.64. The highest BCUT2D eigenvalue weighted by Gasteiger charge is 2.12. The predicted octanol–water partition coefficient (Wildman–Crippen LogP) is 2.08. The van der Waals surface area contributed by atoms with Crippen molar-refractivity contribution in [2.75, 3.05) is 0 Å². The summed E-state index contributed by atoms with van der Waals surface area (Å²) >= 11 is 0. The number of benzene rings is 1. The van der Waals surface area contributed by atoms with E-state index in [2.05, 4.69) is 25.0 Å². The van der Waals surface area contributed by atoms with Crippen LogP contribution in [0.2, 0.25) is 0 Å². The van der Waals surface area contributed by atoms with Crippen LogP contribution in [0.5, 0.6) is 0 Å². The van der Waals surface area contributed by atoms with Gasteiger partial charge in [0.25, 0.3) is 0 Å². The van der Waals surface area contributed by atoms with Crippen molar-refractivity contribution in [2.45, 2.75) is 20.8 Å². The lowest BCUT2D eigenvalue weighted by molar-refractivity contribution is 0.838. The Bertz CT molecular complexity index is 581. The molecule has 1 aromatic heterocycles. The zero-order valence-electron chi connectivity index (χ0n) is 10.3. The third kappa shape index (κ3) is 1.82. The van der Waals surface area contributed by atoms with Crippen LogP contribution in [0.1, 0.15) is 22.4 Å². The first-order valence-electron chi connectivity index (χ1n) is 5.48. The lowest BCUT2D eigenvalue weighted by Gasteiger charge is -2.10. The van der Waals surface area contributed by atoms with Crippen molar-refractivity contribution in [3.8, 4) is 5.69 Å². The summed E-state index contributed by atoms with van der Waals surface area (Å²) in [7, 11) is 0. The first-order chi connectivity index (χ1) is 8.02. The lowest BCUT2D eigenvalue weighted by atomic mass is 10.1. The van der Waals surface area contributed by atoms with Gasteiger partial charge in [-0.2, -0.15) is 5.10 Å². The minimum atomic E-state index is 0.0547. The van der Waals surface area contributed by atoms with Crippen LogP contribution in [0, 0.1) is 26.2 Å². The van der Waals surface area contributed by atoms with Crippen LogP contribution >= 0.6 is 0 Å². The molecule has 0 saturated carbocycles. The second-order valence-corrected chi connectivity index (χ2v) is 4.19. The SMILES string of the molecule is Cc1cccc(-n2ncc(C(=N)N)c2C)c1C. The number of nitrogens with two attached hydrogens (primary N) is 1. The van der Waals surface area contributed by atoms with Crippen molar-refractivity contribution in [3.05, 3.63) is 46.8 Å². The highest BCUT2D eigenvalue weighted by atomic mass is 15.3. The van der Waals surface area contributed by atoms with Crippen LogP contribution in [0.15, 0.2) is 24.4 Å². The number of hydrogen-bond acceptors (Lipinski definition) is 2. The van der Waals surface area contributed by atoms with Crippen LogP contribution in [-0.4, -0.2) is 15.6 Å². The Labute approximate surface area is 101 Å². The first kappa shape index (κ1) is 11.4. The van der Waals surface area contributed by atoms with Gasteiger partial charge in [-0.05, 0) is 38.0 Å². The molecule has 0 spiro atoms. The Kier molecular flexibility index (Phi) is 2.71. The van der Waals surface area contributed by atoms with E-state index in [9.17, 15) is 0 Å². The van der Waals surface area contributed by atoms with E-state index in [4.69, 9.17) is 11.1 Å². The predicted molar refractivity (Wildman–Crippen MR) is 68.8 cm³/mol. The van der Waals surface area contributed by atoms with Crippen LogP contribution in [-0.2, 0) is 0 Å². The molecule has 0 aliphatic carbocycles. The largest absolute Gasteiger partial charge is 0.384 e. The number of nitrogens with zero attached hydrogens (tertiary/aromatic N) is 2. The molecule has 0 fully saturated rings. The molecule has 2 rings (SSSR count). The van der Waals surface area contributed by atoms with E-state index < -0.39 is 0 Å². The van der Waals surface area contributed by atoms with E-state index in [-0.39, 0.29) is 5.84 Å². The maximum absolute atomic E-state index is 7.47. The van der Waals surface area contributed by atoms with Gasteiger partial charge in [-0.25, -0.2) is 4.68 Å². The Morgan fingerprint density at radius 3 is 2.59 bits per heavy atom. The molecule has 0 amide bonds. The monoisotopic (exact) mass is 228 g/mol. The van der Waals surface area contributed by atoms with Crippen LogP contribution in [0.3, 0.4) is 0 Å². The van der Waals surface area contributed by atoms with E-state index in [1.54, 1.807) is 6.20 Å². The molecular formula is C13H16N4. The fraction of sp³-hybridized carbons (Fsp3) is 0.231. The van der Waals surface area contributed by atoms with Gasteiger partial charge in [-0.3, -0.25) is 5.41 Å². The van der Waals surface area contributed by atoms with E-state index in [0.29, 0.717) is 5.56 Å². The number of hydrogen-bond donors (Lipinski definition) is 2. The summed E-state index contributed by atoms with van der Waals surface area (Å²) in [6, 6.07) is 6.10. The molecule has 17 heavy (non-hydrogen) atoms. The van der Waals surface area contributed by atoms with Crippen molar-refractivity contribution >= 4 is 5.84 Å². The molecule has 88 valence electrons. The van der Waals surface area contributed by atoms with Gasteiger partial charge >= 0.3 is 0 Å². The van der Waals surface area contributed by atoms with Crippen molar-refractivity contribution in [3.63, 3.8) is 0 Å². The minimum absolute atomic E-state index is 0.0547. The summed E-state index contributed by atoms with van der Waals surface area (Å²) in [6.45, 7) is 6.06. The van der Waals surface area contributed by atoms with Crippen LogP contribution in [0.4, 0.5) is 0 Å². The van der Waals surface area contributed by atoms with E-state index in [0.717, 1.165) is 11.4 Å². The number of aryl methyl sites for hydroxylation is 1. The molecule has 0 atom stereocenters. The maximum Gasteiger partial charge on any atom is 0.126 e. The van der Waals surface area contributed by atoms with Crippen LogP contribution < -0.4 is 5.73 Å². The topological polar surface area (TPSA) is 67.7 Å². The normalized spacial score (nSPS) is 10.5. The average molecular weight is 228 g/mol. The zero-order chi connectivity index (χ0) is 12.6. The summed E-state index contributed by atoms with van der Waals surface area (Å²) in [4.78, 5) is 0. The number of aromatic nitrogens is 2. The Balaban J connectivity index is 2.62. The molecule has 4 nitrogen and oxygen atoms in total. The third-order valence-electron chi connectivity index (χ3n) is 3.10. The van der Waals surface area contributed by atoms with Gasteiger partial charge < -0.3 is 5.73 Å². The van der Waals surface area contributed by atoms with Gasteiger partial charge in [-0.15, -0.1) is 0 Å². The molecule has 0 unspecified atom stereocenters. The van der Waals surface area contributed by atoms with Gasteiger partial charge in [0.1, 0.15) is 5.84 Å². The quantitative estimate of drug-likeness (QED) is 0.610. The zero-order valence-corrected chi connectivity index (χ0v) is 10.3. The smallest absolute Gasteiger partial charge is 0.126 e. The van der Waals surface area contributed by atoms with E-state index in [1.165, 1.54) is 11.1 Å².